The average molecular weight is 399 g/mol. The van der Waals surface area contributed by atoms with Gasteiger partial charge in [-0.2, -0.15) is 0 Å². The number of fused-ring (bicyclic) bond motifs is 1. The number of aliphatic imine (C=N–C) groups is 1. The Balaban J connectivity index is 1.60. The minimum atomic E-state index is 0.844. The summed E-state index contributed by atoms with van der Waals surface area (Å²) in [5.74, 6) is 0. The molecule has 31 heavy (non-hydrogen) atoms. The minimum absolute atomic E-state index is 0.844. The number of hydrogen-bond acceptors (Lipinski definition) is 2. The highest BCUT2D eigenvalue weighted by molar-refractivity contribution is 6.03. The van der Waals surface area contributed by atoms with Crippen LogP contribution in [0.1, 0.15) is 11.3 Å². The number of aryl methyl sites for hydroxylation is 1. The van der Waals surface area contributed by atoms with Crippen LogP contribution in [0, 0.1) is 6.92 Å². The van der Waals surface area contributed by atoms with Gasteiger partial charge in [-0.05, 0) is 41.0 Å². The molecule has 0 aliphatic heterocycles. The topological polar surface area (TPSA) is 25.2 Å². The predicted molar refractivity (Wildman–Crippen MR) is 131 cm³/mol. The van der Waals surface area contributed by atoms with Gasteiger partial charge in [0.25, 0.3) is 0 Å². The van der Waals surface area contributed by atoms with E-state index in [1.54, 1.807) is 0 Å². The normalized spacial score (nSPS) is 11.3. The molecule has 4 aromatic carbocycles. The fourth-order valence-corrected chi connectivity index (χ4v) is 3.92. The maximum atomic E-state index is 4.88. The summed E-state index contributed by atoms with van der Waals surface area (Å²) in [6.07, 6.45) is 1.86. The van der Waals surface area contributed by atoms with Crippen LogP contribution in [0.25, 0.3) is 33.2 Å². The Morgan fingerprint density at radius 1 is 0.645 bits per heavy atom. The fraction of sp³-hybridized carbons (Fsp3) is 0.0345. The molecule has 5 aromatic rings. The molecule has 2 nitrogen and oxygen atoms in total. The molecule has 1 aromatic heterocycles. The summed E-state index contributed by atoms with van der Waals surface area (Å²) >= 11 is 0. The molecule has 1 heterocycles. The highest BCUT2D eigenvalue weighted by Gasteiger charge is 2.09. The van der Waals surface area contributed by atoms with Crippen molar-refractivity contribution in [3.05, 3.63) is 120 Å². The largest absolute Gasteiger partial charge is 0.254 e. The van der Waals surface area contributed by atoms with Gasteiger partial charge in [0, 0.05) is 11.1 Å². The van der Waals surface area contributed by atoms with E-state index in [2.05, 4.69) is 85.8 Å². The number of hydrogen-bond donors (Lipinski definition) is 0. The molecule has 0 fully saturated rings. The molecule has 0 atom stereocenters. The highest BCUT2D eigenvalue weighted by atomic mass is 14.8. The quantitative estimate of drug-likeness (QED) is 0.286. The van der Waals surface area contributed by atoms with E-state index < -0.39 is 0 Å². The van der Waals surface area contributed by atoms with E-state index in [4.69, 9.17) is 9.98 Å². The first-order valence-electron chi connectivity index (χ1n) is 10.4. The van der Waals surface area contributed by atoms with E-state index in [1.165, 1.54) is 10.8 Å². The lowest BCUT2D eigenvalue weighted by Crippen LogP contribution is -1.94. The van der Waals surface area contributed by atoms with Gasteiger partial charge in [-0.1, -0.05) is 97.1 Å². The van der Waals surface area contributed by atoms with Crippen LogP contribution in [0.4, 0.5) is 5.69 Å². The first kappa shape index (κ1) is 19.0. The van der Waals surface area contributed by atoms with Gasteiger partial charge in [-0.25, -0.2) is 4.98 Å². The second-order valence-electron chi connectivity index (χ2n) is 7.57. The third-order valence-corrected chi connectivity index (χ3v) is 5.47. The van der Waals surface area contributed by atoms with Crippen LogP contribution in [-0.2, 0) is 0 Å². The molecule has 5 rings (SSSR count). The predicted octanol–water partition coefficient (Wildman–Crippen LogP) is 7.63. The molecule has 0 aliphatic carbocycles. The van der Waals surface area contributed by atoms with Gasteiger partial charge in [0.1, 0.15) is 0 Å². The summed E-state index contributed by atoms with van der Waals surface area (Å²) in [7, 11) is 0. The molecule has 148 valence electrons. The number of aromatic nitrogens is 1. The molecule has 0 N–H and O–H groups in total. The van der Waals surface area contributed by atoms with Crippen molar-refractivity contribution in [2.24, 2.45) is 4.99 Å². The van der Waals surface area contributed by atoms with Crippen LogP contribution >= 0.6 is 0 Å². The second kappa shape index (κ2) is 8.37. The minimum Gasteiger partial charge on any atom is -0.254 e. The molecule has 0 radical (unpaired) electrons. The van der Waals surface area contributed by atoms with Gasteiger partial charge in [0.05, 0.1) is 23.3 Å². The number of rotatable bonds is 4. The van der Waals surface area contributed by atoms with E-state index in [0.29, 0.717) is 0 Å². The van der Waals surface area contributed by atoms with E-state index in [-0.39, 0.29) is 0 Å². The zero-order chi connectivity index (χ0) is 21.0. The Morgan fingerprint density at radius 3 is 2.10 bits per heavy atom. The Labute approximate surface area is 182 Å². The van der Waals surface area contributed by atoms with Crippen LogP contribution in [0.5, 0.6) is 0 Å². The van der Waals surface area contributed by atoms with E-state index in [1.807, 2.05) is 36.5 Å². The van der Waals surface area contributed by atoms with E-state index in [9.17, 15) is 0 Å². The summed E-state index contributed by atoms with van der Waals surface area (Å²) in [6, 6.07) is 37.5. The lowest BCUT2D eigenvalue weighted by atomic mass is 9.96. The monoisotopic (exact) mass is 398 g/mol. The van der Waals surface area contributed by atoms with Crippen LogP contribution < -0.4 is 0 Å². The maximum Gasteiger partial charge on any atom is 0.0820 e. The van der Waals surface area contributed by atoms with Crippen LogP contribution in [0.3, 0.4) is 0 Å². The molecule has 0 unspecified atom stereocenters. The van der Waals surface area contributed by atoms with Gasteiger partial charge < -0.3 is 0 Å². The highest BCUT2D eigenvalue weighted by Crippen LogP contribution is 2.37. The fourth-order valence-electron chi connectivity index (χ4n) is 3.92. The average Bonchev–Trinajstić information content (AvgIpc) is 2.84. The lowest BCUT2D eigenvalue weighted by molar-refractivity contribution is 1.25. The van der Waals surface area contributed by atoms with Crippen molar-refractivity contribution in [1.82, 2.24) is 4.98 Å². The third kappa shape index (κ3) is 3.88. The molecule has 0 saturated heterocycles. The number of nitrogens with zero attached hydrogens (tertiary/aromatic N) is 2. The SMILES string of the molecule is Cc1ccc(C=Nc2ccc3ccccc3c2-c2ccccc2)nc1-c1ccccc1. The number of pyridine rings is 1. The van der Waals surface area contributed by atoms with Gasteiger partial charge in [-0.3, -0.25) is 4.99 Å². The van der Waals surface area contributed by atoms with Crippen molar-refractivity contribution in [3.63, 3.8) is 0 Å². The molecule has 0 aliphatic rings. The summed E-state index contributed by atoms with van der Waals surface area (Å²) < 4.78 is 0. The van der Waals surface area contributed by atoms with Crippen molar-refractivity contribution < 1.29 is 0 Å². The van der Waals surface area contributed by atoms with Crippen LogP contribution in [-0.4, -0.2) is 11.2 Å². The Kier molecular flexibility index (Phi) is 5.12. The van der Waals surface area contributed by atoms with Crippen molar-refractivity contribution in [2.75, 3.05) is 0 Å². The van der Waals surface area contributed by atoms with E-state index in [0.717, 1.165) is 39.3 Å². The zero-order valence-corrected chi connectivity index (χ0v) is 17.4. The summed E-state index contributed by atoms with van der Waals surface area (Å²) in [4.78, 5) is 9.75. The standard InChI is InChI=1S/C29H22N2/c1-21-16-18-25(31-29(21)24-13-6-3-7-14-24)20-30-27-19-17-22-10-8-9-15-26(22)28(27)23-11-4-2-5-12-23/h2-20H,1H3. The lowest BCUT2D eigenvalue weighted by Gasteiger charge is -2.11. The summed E-state index contributed by atoms with van der Waals surface area (Å²) in [5, 5.41) is 2.41. The van der Waals surface area contributed by atoms with Gasteiger partial charge in [0.15, 0.2) is 0 Å². The van der Waals surface area contributed by atoms with Crippen molar-refractivity contribution in [3.8, 4) is 22.4 Å². The molecule has 0 amide bonds. The molecular formula is C29H22N2. The third-order valence-electron chi connectivity index (χ3n) is 5.47. The summed E-state index contributed by atoms with van der Waals surface area (Å²) in [6.45, 7) is 2.09. The molecule has 2 heteroatoms. The smallest absolute Gasteiger partial charge is 0.0820 e. The number of benzene rings is 4. The van der Waals surface area contributed by atoms with Gasteiger partial charge in [0.2, 0.25) is 0 Å². The summed E-state index contributed by atoms with van der Waals surface area (Å²) in [5.41, 5.74) is 7.35. The molecule has 0 spiro atoms. The first-order chi connectivity index (χ1) is 15.3. The van der Waals surface area contributed by atoms with Crippen molar-refractivity contribution in [2.45, 2.75) is 6.92 Å². The van der Waals surface area contributed by atoms with Crippen LogP contribution in [0.2, 0.25) is 0 Å². The Hall–Kier alpha value is -4.04. The zero-order valence-electron chi connectivity index (χ0n) is 17.4. The Morgan fingerprint density at radius 2 is 1.32 bits per heavy atom. The second-order valence-corrected chi connectivity index (χ2v) is 7.57. The van der Waals surface area contributed by atoms with E-state index >= 15 is 0 Å². The molecular weight excluding hydrogens is 376 g/mol. The molecule has 0 bridgehead atoms. The Bertz CT molecular complexity index is 1370. The molecule has 0 saturated carbocycles. The van der Waals surface area contributed by atoms with Crippen molar-refractivity contribution in [1.29, 1.82) is 0 Å². The van der Waals surface area contributed by atoms with Crippen LogP contribution in [0.15, 0.2) is 114 Å². The van der Waals surface area contributed by atoms with Crippen molar-refractivity contribution >= 4 is 22.7 Å². The van der Waals surface area contributed by atoms with Gasteiger partial charge >= 0.3 is 0 Å². The maximum absolute atomic E-state index is 4.88. The van der Waals surface area contributed by atoms with Gasteiger partial charge in [-0.15, -0.1) is 0 Å². The first-order valence-corrected chi connectivity index (χ1v) is 10.4.